The molecule has 5 nitrogen and oxygen atoms in total. The van der Waals surface area contributed by atoms with Crippen LogP contribution in [0.3, 0.4) is 0 Å². The molecule has 1 atom stereocenters. The standard InChI is InChI=1S/C21H21N3O2/c1-14-9-11-15(12-10-14)22-20(25)13-24-19-8-3-2-6-18(19)23-17-7-4-5-16(17)21(24)26/h2-3,6,8-12,16H,4-5,7,13H2,1H3,(H,22,25). The number of hydrogen-bond donors (Lipinski definition) is 1. The molecule has 0 bridgehead atoms. The van der Waals surface area contributed by atoms with Crippen molar-refractivity contribution < 1.29 is 9.59 Å². The average Bonchev–Trinajstić information content (AvgIpc) is 3.06. The monoisotopic (exact) mass is 347 g/mol. The van der Waals surface area contributed by atoms with Crippen LogP contribution in [0.5, 0.6) is 0 Å². The highest BCUT2D eigenvalue weighted by Gasteiger charge is 2.36. The number of aliphatic imine (C=N–C) groups is 1. The molecule has 2 aliphatic rings. The van der Waals surface area contributed by atoms with Crippen LogP contribution >= 0.6 is 0 Å². The van der Waals surface area contributed by atoms with Crippen LogP contribution in [0.15, 0.2) is 53.5 Å². The number of carbonyl (C=O) groups is 2. The second-order valence-electron chi connectivity index (χ2n) is 6.88. The van der Waals surface area contributed by atoms with Crippen molar-refractivity contribution >= 4 is 34.6 Å². The van der Waals surface area contributed by atoms with Crippen LogP contribution in [0, 0.1) is 12.8 Å². The fraction of sp³-hybridized carbons (Fsp3) is 0.286. The zero-order valence-corrected chi connectivity index (χ0v) is 14.7. The summed E-state index contributed by atoms with van der Waals surface area (Å²) in [5.41, 5.74) is 4.28. The SMILES string of the molecule is Cc1ccc(NC(=O)CN2C(=O)C3CCCC3=Nc3ccccc32)cc1. The summed E-state index contributed by atoms with van der Waals surface area (Å²) in [6.45, 7) is 1.99. The minimum atomic E-state index is -0.210. The van der Waals surface area contributed by atoms with Gasteiger partial charge in [-0.1, -0.05) is 29.8 Å². The van der Waals surface area contributed by atoms with Gasteiger partial charge < -0.3 is 10.2 Å². The highest BCUT2D eigenvalue weighted by Crippen LogP contribution is 2.37. The number of para-hydroxylation sites is 2. The summed E-state index contributed by atoms with van der Waals surface area (Å²) in [7, 11) is 0. The van der Waals surface area contributed by atoms with Gasteiger partial charge in [0.25, 0.3) is 0 Å². The molecule has 0 spiro atoms. The van der Waals surface area contributed by atoms with Crippen molar-refractivity contribution in [1.82, 2.24) is 0 Å². The Morgan fingerprint density at radius 2 is 1.96 bits per heavy atom. The lowest BCUT2D eigenvalue weighted by Gasteiger charge is -2.24. The Kier molecular flexibility index (Phi) is 4.29. The van der Waals surface area contributed by atoms with Gasteiger partial charge in [-0.15, -0.1) is 0 Å². The maximum Gasteiger partial charge on any atom is 0.244 e. The number of hydrogen-bond acceptors (Lipinski definition) is 3. The summed E-state index contributed by atoms with van der Waals surface area (Å²) in [5.74, 6) is -0.432. The first-order chi connectivity index (χ1) is 12.6. The predicted molar refractivity (Wildman–Crippen MR) is 103 cm³/mol. The summed E-state index contributed by atoms with van der Waals surface area (Å²) in [4.78, 5) is 32.0. The van der Waals surface area contributed by atoms with Gasteiger partial charge in [0.15, 0.2) is 0 Å². The number of nitrogens with zero attached hydrogens (tertiary/aromatic N) is 2. The van der Waals surface area contributed by atoms with E-state index >= 15 is 0 Å². The number of amides is 2. The second-order valence-corrected chi connectivity index (χ2v) is 6.88. The van der Waals surface area contributed by atoms with Gasteiger partial charge in [0, 0.05) is 11.4 Å². The molecule has 5 heteroatoms. The molecule has 1 N–H and O–H groups in total. The number of anilines is 2. The molecule has 4 rings (SSSR count). The zero-order chi connectivity index (χ0) is 18.1. The van der Waals surface area contributed by atoms with Crippen molar-refractivity contribution in [3.63, 3.8) is 0 Å². The van der Waals surface area contributed by atoms with E-state index in [0.29, 0.717) is 5.69 Å². The quantitative estimate of drug-likeness (QED) is 0.916. The molecule has 132 valence electrons. The summed E-state index contributed by atoms with van der Waals surface area (Å²) in [6.07, 6.45) is 2.64. The van der Waals surface area contributed by atoms with Crippen LogP contribution in [-0.4, -0.2) is 24.1 Å². The smallest absolute Gasteiger partial charge is 0.244 e. The summed E-state index contributed by atoms with van der Waals surface area (Å²) in [6, 6.07) is 15.2. The molecule has 26 heavy (non-hydrogen) atoms. The predicted octanol–water partition coefficient (Wildman–Crippen LogP) is 3.85. The van der Waals surface area contributed by atoms with Gasteiger partial charge >= 0.3 is 0 Å². The average molecular weight is 347 g/mol. The number of rotatable bonds is 3. The lowest BCUT2D eigenvalue weighted by atomic mass is 10.1. The molecule has 1 aliphatic carbocycles. The van der Waals surface area contributed by atoms with Gasteiger partial charge in [0.05, 0.1) is 17.3 Å². The Bertz CT molecular complexity index is 886. The Morgan fingerprint density at radius 3 is 2.77 bits per heavy atom. The normalized spacial score (nSPS) is 18.7. The van der Waals surface area contributed by atoms with Gasteiger partial charge in [-0.3, -0.25) is 14.6 Å². The molecule has 1 aliphatic heterocycles. The molecule has 0 radical (unpaired) electrons. The topological polar surface area (TPSA) is 61.8 Å². The van der Waals surface area contributed by atoms with Crippen molar-refractivity contribution in [2.45, 2.75) is 26.2 Å². The van der Waals surface area contributed by atoms with Gasteiger partial charge in [0.1, 0.15) is 6.54 Å². The van der Waals surface area contributed by atoms with E-state index in [1.165, 1.54) is 0 Å². The first-order valence-electron chi connectivity index (χ1n) is 8.96. The van der Waals surface area contributed by atoms with Crippen molar-refractivity contribution in [3.05, 3.63) is 54.1 Å². The van der Waals surface area contributed by atoms with E-state index in [2.05, 4.69) is 5.32 Å². The van der Waals surface area contributed by atoms with Crippen molar-refractivity contribution in [1.29, 1.82) is 0 Å². The number of nitrogens with one attached hydrogen (secondary N) is 1. The minimum Gasteiger partial charge on any atom is -0.325 e. The van der Waals surface area contributed by atoms with E-state index in [-0.39, 0.29) is 24.3 Å². The van der Waals surface area contributed by atoms with E-state index in [4.69, 9.17) is 4.99 Å². The van der Waals surface area contributed by atoms with Crippen molar-refractivity contribution in [2.75, 3.05) is 16.8 Å². The number of carbonyl (C=O) groups excluding carboxylic acids is 2. The fourth-order valence-corrected chi connectivity index (χ4v) is 3.62. The van der Waals surface area contributed by atoms with E-state index in [9.17, 15) is 9.59 Å². The minimum absolute atomic E-state index is 0.0109. The highest BCUT2D eigenvalue weighted by atomic mass is 16.2. The third-order valence-corrected chi connectivity index (χ3v) is 4.97. The maximum atomic E-state index is 13.1. The fourth-order valence-electron chi connectivity index (χ4n) is 3.62. The second kappa shape index (κ2) is 6.75. The molecule has 0 aromatic heterocycles. The van der Waals surface area contributed by atoms with Gasteiger partial charge in [0.2, 0.25) is 11.8 Å². The molecule has 0 saturated heterocycles. The lowest BCUT2D eigenvalue weighted by Crippen LogP contribution is -2.41. The molecule has 2 amide bonds. The van der Waals surface area contributed by atoms with Crippen molar-refractivity contribution in [3.8, 4) is 0 Å². The molecule has 2 aromatic rings. The molecular weight excluding hydrogens is 326 g/mol. The molecule has 2 aromatic carbocycles. The van der Waals surface area contributed by atoms with Crippen LogP contribution in [0.4, 0.5) is 17.1 Å². The Balaban J connectivity index is 1.59. The molecular formula is C21H21N3O2. The first kappa shape index (κ1) is 16.5. The van der Waals surface area contributed by atoms with Crippen LogP contribution in [-0.2, 0) is 9.59 Å². The summed E-state index contributed by atoms with van der Waals surface area (Å²) >= 11 is 0. The molecule has 1 heterocycles. The maximum absolute atomic E-state index is 13.1. The lowest BCUT2D eigenvalue weighted by molar-refractivity contribution is -0.122. The molecule has 1 unspecified atom stereocenters. The van der Waals surface area contributed by atoms with Crippen LogP contribution in [0.25, 0.3) is 0 Å². The number of benzene rings is 2. The third-order valence-electron chi connectivity index (χ3n) is 4.97. The van der Waals surface area contributed by atoms with Crippen molar-refractivity contribution in [2.24, 2.45) is 10.9 Å². The molecule has 1 saturated carbocycles. The van der Waals surface area contributed by atoms with Crippen LogP contribution in [0.2, 0.25) is 0 Å². The van der Waals surface area contributed by atoms with E-state index in [0.717, 1.165) is 41.9 Å². The molecule has 1 fully saturated rings. The highest BCUT2D eigenvalue weighted by molar-refractivity contribution is 6.16. The van der Waals surface area contributed by atoms with Gasteiger partial charge in [-0.05, 0) is 50.5 Å². The number of aryl methyl sites for hydroxylation is 1. The Hall–Kier alpha value is -2.95. The van der Waals surface area contributed by atoms with Gasteiger partial charge in [-0.25, -0.2) is 0 Å². The van der Waals surface area contributed by atoms with Crippen LogP contribution in [0.1, 0.15) is 24.8 Å². The first-order valence-corrected chi connectivity index (χ1v) is 8.96. The van der Waals surface area contributed by atoms with Crippen LogP contribution < -0.4 is 10.2 Å². The Morgan fingerprint density at radius 1 is 1.19 bits per heavy atom. The zero-order valence-electron chi connectivity index (χ0n) is 14.7. The summed E-state index contributed by atoms with van der Waals surface area (Å²) in [5, 5.41) is 2.88. The number of fused-ring (bicyclic) bond motifs is 2. The summed E-state index contributed by atoms with van der Waals surface area (Å²) < 4.78 is 0. The largest absolute Gasteiger partial charge is 0.325 e. The van der Waals surface area contributed by atoms with Gasteiger partial charge in [-0.2, -0.15) is 0 Å². The third kappa shape index (κ3) is 3.12. The van der Waals surface area contributed by atoms with E-state index < -0.39 is 0 Å². The Labute approximate surface area is 152 Å². The van der Waals surface area contributed by atoms with E-state index in [1.54, 1.807) is 4.90 Å². The van der Waals surface area contributed by atoms with E-state index in [1.807, 2.05) is 55.5 Å².